The zero-order chi connectivity index (χ0) is 20.8. The molecule has 2 fully saturated rings. The summed E-state index contributed by atoms with van der Waals surface area (Å²) in [6.07, 6.45) is 12.2. The summed E-state index contributed by atoms with van der Waals surface area (Å²) in [6, 6.07) is 7.36. The van der Waals surface area contributed by atoms with Crippen molar-refractivity contribution in [1.82, 2.24) is 29.2 Å². The summed E-state index contributed by atoms with van der Waals surface area (Å²) in [5.41, 5.74) is 4.73. The Kier molecular flexibility index (Phi) is 4.88. The number of pyridine rings is 1. The molecule has 0 N–H and O–H groups in total. The van der Waals surface area contributed by atoms with Crippen molar-refractivity contribution in [2.75, 3.05) is 38.1 Å². The van der Waals surface area contributed by atoms with E-state index in [1.54, 1.807) is 0 Å². The van der Waals surface area contributed by atoms with Gasteiger partial charge in [-0.1, -0.05) is 6.07 Å². The molecule has 2 atom stereocenters. The summed E-state index contributed by atoms with van der Waals surface area (Å²) in [7, 11) is 2.21. The number of anilines is 1. The molecule has 0 spiro atoms. The van der Waals surface area contributed by atoms with Crippen LogP contribution in [0, 0.1) is 0 Å². The van der Waals surface area contributed by atoms with Gasteiger partial charge >= 0.3 is 0 Å². The molecular weight excluding hydrogens is 386 g/mol. The van der Waals surface area contributed by atoms with Gasteiger partial charge in [0.2, 0.25) is 5.95 Å². The third-order valence-electron chi connectivity index (χ3n) is 7.39. The van der Waals surface area contributed by atoms with E-state index in [1.165, 1.54) is 37.1 Å². The molecule has 162 valence electrons. The Morgan fingerprint density at radius 3 is 3.00 bits per heavy atom. The monoisotopic (exact) mass is 417 g/mol. The summed E-state index contributed by atoms with van der Waals surface area (Å²) < 4.78 is 2.20. The summed E-state index contributed by atoms with van der Waals surface area (Å²) in [5.74, 6) is 1.04. The van der Waals surface area contributed by atoms with Crippen molar-refractivity contribution in [3.8, 4) is 0 Å². The van der Waals surface area contributed by atoms with Crippen LogP contribution in [0.3, 0.4) is 0 Å². The first-order valence-corrected chi connectivity index (χ1v) is 11.7. The maximum atomic E-state index is 4.95. The maximum absolute atomic E-state index is 4.95. The molecule has 6 rings (SSSR count). The van der Waals surface area contributed by atoms with Gasteiger partial charge in [-0.3, -0.25) is 19.2 Å². The minimum absolute atomic E-state index is 0.364. The van der Waals surface area contributed by atoms with Crippen molar-refractivity contribution >= 4 is 11.6 Å². The minimum Gasteiger partial charge on any atom is -0.339 e. The minimum atomic E-state index is 0.364. The number of hydrogen-bond acceptors (Lipinski definition) is 6. The maximum Gasteiger partial charge on any atom is 0.211 e. The standard InChI is InChI=1S/C24H31N7/c1-28(21-8-2-5-18-6-3-10-25-23(18)21)15-19-16-31-22(27-19)9-11-26-24(31)30-14-13-29-12-4-7-20(29)17-30/h3,6,9-11,16,20-21H,2,4-5,7-8,12-15,17H2,1H3/t20-,21-/m0/s1. The lowest BCUT2D eigenvalue weighted by atomic mass is 9.91. The van der Waals surface area contributed by atoms with Gasteiger partial charge in [0.1, 0.15) is 5.65 Å². The van der Waals surface area contributed by atoms with Crippen molar-refractivity contribution in [2.45, 2.75) is 50.7 Å². The third-order valence-corrected chi connectivity index (χ3v) is 7.39. The number of aryl methyl sites for hydroxylation is 1. The molecule has 3 aliphatic rings. The molecule has 0 aromatic carbocycles. The molecule has 0 unspecified atom stereocenters. The summed E-state index contributed by atoms with van der Waals surface area (Å²) in [6.45, 7) is 5.33. The molecule has 0 amide bonds. The third kappa shape index (κ3) is 3.49. The van der Waals surface area contributed by atoms with Gasteiger partial charge in [0.05, 0.1) is 17.4 Å². The Hall–Kier alpha value is -2.51. The second-order valence-corrected chi connectivity index (χ2v) is 9.35. The number of rotatable bonds is 4. The van der Waals surface area contributed by atoms with Crippen molar-refractivity contribution in [3.05, 3.63) is 53.7 Å². The van der Waals surface area contributed by atoms with Gasteiger partial charge in [-0.2, -0.15) is 0 Å². The fraction of sp³-hybridized carbons (Fsp3) is 0.542. The summed E-state index contributed by atoms with van der Waals surface area (Å²) in [4.78, 5) is 21.9. The zero-order valence-corrected chi connectivity index (χ0v) is 18.3. The second-order valence-electron chi connectivity index (χ2n) is 9.35. The lowest BCUT2D eigenvalue weighted by Gasteiger charge is -2.38. The second kappa shape index (κ2) is 7.88. The Morgan fingerprint density at radius 2 is 2.03 bits per heavy atom. The molecule has 3 aromatic rings. The molecule has 5 heterocycles. The number of aromatic nitrogens is 4. The molecule has 2 saturated heterocycles. The van der Waals surface area contributed by atoms with Gasteiger partial charge < -0.3 is 4.90 Å². The van der Waals surface area contributed by atoms with Gasteiger partial charge in [-0.05, 0) is 63.4 Å². The fourth-order valence-corrected chi connectivity index (χ4v) is 5.82. The van der Waals surface area contributed by atoms with E-state index in [9.17, 15) is 0 Å². The van der Waals surface area contributed by atoms with Crippen molar-refractivity contribution in [2.24, 2.45) is 0 Å². The van der Waals surface area contributed by atoms with Gasteiger partial charge in [0.15, 0.2) is 0 Å². The van der Waals surface area contributed by atoms with Crippen LogP contribution in [0.25, 0.3) is 5.65 Å². The molecule has 31 heavy (non-hydrogen) atoms. The Labute approximate surface area is 183 Å². The van der Waals surface area contributed by atoms with E-state index in [0.29, 0.717) is 12.1 Å². The van der Waals surface area contributed by atoms with E-state index in [4.69, 9.17) is 15.0 Å². The molecule has 7 heteroatoms. The Bertz CT molecular complexity index is 1080. The first-order chi connectivity index (χ1) is 15.3. The van der Waals surface area contributed by atoms with Crippen molar-refractivity contribution < 1.29 is 0 Å². The SMILES string of the molecule is CN(Cc1cn2c(N3CCN4CCC[C@H]4C3)nccc2n1)[C@H]1CCCc2cccnc21. The van der Waals surface area contributed by atoms with Crippen LogP contribution in [0.4, 0.5) is 5.95 Å². The normalized spacial score (nSPS) is 24.0. The number of nitrogens with zero attached hydrogens (tertiary/aromatic N) is 7. The number of imidazole rings is 1. The van der Waals surface area contributed by atoms with E-state index in [2.05, 4.69) is 44.5 Å². The predicted octanol–water partition coefficient (Wildman–Crippen LogP) is 2.92. The highest BCUT2D eigenvalue weighted by Gasteiger charge is 2.32. The number of piperazine rings is 1. The van der Waals surface area contributed by atoms with Crippen LogP contribution in [0.15, 0.2) is 36.8 Å². The van der Waals surface area contributed by atoms with E-state index in [1.807, 2.05) is 18.5 Å². The van der Waals surface area contributed by atoms with Crippen LogP contribution in [-0.2, 0) is 13.0 Å². The average Bonchev–Trinajstić information content (AvgIpc) is 3.44. The first-order valence-electron chi connectivity index (χ1n) is 11.7. The fourth-order valence-electron chi connectivity index (χ4n) is 5.82. The first kappa shape index (κ1) is 19.2. The van der Waals surface area contributed by atoms with Crippen LogP contribution in [0.2, 0.25) is 0 Å². The predicted molar refractivity (Wildman–Crippen MR) is 121 cm³/mol. The topological polar surface area (TPSA) is 52.8 Å². The molecule has 0 radical (unpaired) electrons. The number of fused-ring (bicyclic) bond motifs is 3. The van der Waals surface area contributed by atoms with Crippen LogP contribution in [-0.4, -0.2) is 68.4 Å². The lowest BCUT2D eigenvalue weighted by Crippen LogP contribution is -2.50. The van der Waals surface area contributed by atoms with Gasteiger partial charge in [0.25, 0.3) is 0 Å². The molecule has 1 aliphatic carbocycles. The van der Waals surface area contributed by atoms with Gasteiger partial charge in [0, 0.05) is 50.8 Å². The molecule has 7 nitrogen and oxygen atoms in total. The molecule has 2 aliphatic heterocycles. The quantitative estimate of drug-likeness (QED) is 0.651. The smallest absolute Gasteiger partial charge is 0.211 e. The van der Waals surface area contributed by atoms with E-state index in [0.717, 1.165) is 56.3 Å². The number of hydrogen-bond donors (Lipinski definition) is 0. The Balaban J connectivity index is 1.24. The highest BCUT2D eigenvalue weighted by Crippen LogP contribution is 2.33. The summed E-state index contributed by atoms with van der Waals surface area (Å²) >= 11 is 0. The van der Waals surface area contributed by atoms with E-state index >= 15 is 0 Å². The van der Waals surface area contributed by atoms with Crippen LogP contribution in [0.1, 0.15) is 48.7 Å². The van der Waals surface area contributed by atoms with E-state index < -0.39 is 0 Å². The van der Waals surface area contributed by atoms with Crippen LogP contribution in [0.5, 0.6) is 0 Å². The van der Waals surface area contributed by atoms with E-state index in [-0.39, 0.29) is 0 Å². The highest BCUT2D eigenvalue weighted by atomic mass is 15.4. The highest BCUT2D eigenvalue weighted by molar-refractivity contribution is 5.48. The van der Waals surface area contributed by atoms with Crippen LogP contribution < -0.4 is 4.90 Å². The molecule has 3 aromatic heterocycles. The largest absolute Gasteiger partial charge is 0.339 e. The van der Waals surface area contributed by atoms with Crippen LogP contribution >= 0.6 is 0 Å². The molecule has 0 bridgehead atoms. The summed E-state index contributed by atoms with van der Waals surface area (Å²) in [5, 5.41) is 0. The lowest BCUT2D eigenvalue weighted by molar-refractivity contribution is 0.206. The van der Waals surface area contributed by atoms with Gasteiger partial charge in [-0.15, -0.1) is 0 Å². The Morgan fingerprint density at radius 1 is 1.06 bits per heavy atom. The molecule has 0 saturated carbocycles. The van der Waals surface area contributed by atoms with Crippen molar-refractivity contribution in [1.29, 1.82) is 0 Å². The molecular formula is C24H31N7. The van der Waals surface area contributed by atoms with Gasteiger partial charge in [-0.25, -0.2) is 9.97 Å². The van der Waals surface area contributed by atoms with Crippen molar-refractivity contribution in [3.63, 3.8) is 0 Å². The average molecular weight is 418 g/mol. The zero-order valence-electron chi connectivity index (χ0n) is 18.3.